The molecule has 2 rings (SSSR count). The highest BCUT2D eigenvalue weighted by atomic mass is 16.6. The molecule has 1 aromatic rings. The van der Waals surface area contributed by atoms with Crippen molar-refractivity contribution >= 4 is 24.0 Å². The second-order valence-electron chi connectivity index (χ2n) is 7.53. The van der Waals surface area contributed by atoms with Crippen LogP contribution in [0.15, 0.2) is 24.3 Å². The van der Waals surface area contributed by atoms with Crippen LogP contribution in [0.4, 0.5) is 9.59 Å². The molecule has 1 fully saturated rings. The third-order valence-electron chi connectivity index (χ3n) is 4.28. The van der Waals surface area contributed by atoms with Crippen LogP contribution in [0, 0.1) is 0 Å². The minimum absolute atomic E-state index is 0.236. The summed E-state index contributed by atoms with van der Waals surface area (Å²) in [6.07, 6.45) is -0.271. The SMILES string of the molecule is CC[C@]1(c2ccc(CNC(=O)OC(C)(C)C)cc2)NC(=O)N(CC(=O)O)C1=O. The summed E-state index contributed by atoms with van der Waals surface area (Å²) in [5, 5.41) is 14.2. The fourth-order valence-electron chi connectivity index (χ4n) is 2.94. The molecule has 1 aliphatic rings. The smallest absolute Gasteiger partial charge is 0.407 e. The molecule has 0 spiro atoms. The van der Waals surface area contributed by atoms with Gasteiger partial charge in [0.2, 0.25) is 0 Å². The highest BCUT2D eigenvalue weighted by Gasteiger charge is 2.51. The quantitative estimate of drug-likeness (QED) is 0.637. The van der Waals surface area contributed by atoms with E-state index in [1.165, 1.54) is 0 Å². The predicted molar refractivity (Wildman–Crippen MR) is 99.4 cm³/mol. The molecule has 0 aromatic heterocycles. The Morgan fingerprint density at radius 3 is 2.32 bits per heavy atom. The van der Waals surface area contributed by atoms with E-state index in [0.29, 0.717) is 10.5 Å². The van der Waals surface area contributed by atoms with E-state index in [1.54, 1.807) is 52.0 Å². The maximum absolute atomic E-state index is 12.7. The number of hydrogen-bond acceptors (Lipinski definition) is 5. The molecule has 28 heavy (non-hydrogen) atoms. The first-order valence-corrected chi connectivity index (χ1v) is 8.90. The van der Waals surface area contributed by atoms with Crippen molar-refractivity contribution < 1.29 is 29.0 Å². The second kappa shape index (κ2) is 7.87. The first-order valence-electron chi connectivity index (χ1n) is 8.90. The van der Waals surface area contributed by atoms with Crippen LogP contribution in [0.25, 0.3) is 0 Å². The maximum atomic E-state index is 12.7. The summed E-state index contributed by atoms with van der Waals surface area (Å²) in [7, 11) is 0. The summed E-state index contributed by atoms with van der Waals surface area (Å²) in [6, 6.07) is 6.08. The lowest BCUT2D eigenvalue weighted by molar-refractivity contribution is -0.143. The maximum Gasteiger partial charge on any atom is 0.407 e. The van der Waals surface area contributed by atoms with Gasteiger partial charge in [0.05, 0.1) is 0 Å². The number of aliphatic carboxylic acids is 1. The molecule has 3 N–H and O–H groups in total. The molecule has 0 aliphatic carbocycles. The third-order valence-corrected chi connectivity index (χ3v) is 4.28. The van der Waals surface area contributed by atoms with Crippen LogP contribution < -0.4 is 10.6 Å². The average Bonchev–Trinajstić information content (AvgIpc) is 2.84. The summed E-state index contributed by atoms with van der Waals surface area (Å²) in [5.74, 6) is -1.86. The monoisotopic (exact) mass is 391 g/mol. The Hall–Kier alpha value is -3.10. The van der Waals surface area contributed by atoms with Gasteiger partial charge in [0.15, 0.2) is 0 Å². The van der Waals surface area contributed by atoms with Crippen molar-refractivity contribution in [3.63, 3.8) is 0 Å². The number of nitrogens with zero attached hydrogens (tertiary/aromatic N) is 1. The summed E-state index contributed by atoms with van der Waals surface area (Å²) in [4.78, 5) is 48.2. The van der Waals surface area contributed by atoms with Crippen LogP contribution in [0.2, 0.25) is 0 Å². The van der Waals surface area contributed by atoms with Crippen molar-refractivity contribution in [2.24, 2.45) is 0 Å². The van der Waals surface area contributed by atoms with Crippen molar-refractivity contribution in [3.8, 4) is 0 Å². The van der Waals surface area contributed by atoms with Gasteiger partial charge < -0.3 is 20.5 Å². The van der Waals surface area contributed by atoms with Gasteiger partial charge in [-0.25, -0.2) is 9.59 Å². The van der Waals surface area contributed by atoms with Gasteiger partial charge in [-0.2, -0.15) is 0 Å². The molecule has 0 radical (unpaired) electrons. The zero-order valence-electron chi connectivity index (χ0n) is 16.4. The predicted octanol–water partition coefficient (Wildman–Crippen LogP) is 1.95. The van der Waals surface area contributed by atoms with Crippen LogP contribution >= 0.6 is 0 Å². The molecule has 1 heterocycles. The van der Waals surface area contributed by atoms with Crippen LogP contribution in [0.3, 0.4) is 0 Å². The van der Waals surface area contributed by atoms with E-state index in [9.17, 15) is 19.2 Å². The molecule has 9 nitrogen and oxygen atoms in total. The average molecular weight is 391 g/mol. The molecular weight excluding hydrogens is 366 g/mol. The van der Waals surface area contributed by atoms with Gasteiger partial charge in [-0.15, -0.1) is 0 Å². The van der Waals surface area contributed by atoms with Gasteiger partial charge in [0, 0.05) is 6.54 Å². The zero-order valence-corrected chi connectivity index (χ0v) is 16.4. The van der Waals surface area contributed by atoms with E-state index in [4.69, 9.17) is 9.84 Å². The number of carbonyl (C=O) groups is 4. The molecule has 9 heteroatoms. The molecule has 1 aliphatic heterocycles. The minimum atomic E-state index is -1.30. The number of carboxylic acid groups (broad SMARTS) is 1. The van der Waals surface area contributed by atoms with Crippen molar-refractivity contribution in [1.82, 2.24) is 15.5 Å². The van der Waals surface area contributed by atoms with Crippen molar-refractivity contribution in [2.75, 3.05) is 6.54 Å². The van der Waals surface area contributed by atoms with Crippen molar-refractivity contribution in [3.05, 3.63) is 35.4 Å². The fourth-order valence-corrected chi connectivity index (χ4v) is 2.94. The Bertz CT molecular complexity index is 784. The lowest BCUT2D eigenvalue weighted by atomic mass is 9.86. The highest BCUT2D eigenvalue weighted by molar-refractivity contribution is 6.09. The molecule has 1 aromatic carbocycles. The molecule has 152 valence electrons. The number of carboxylic acids is 1. The van der Waals surface area contributed by atoms with Crippen LogP contribution in [0.1, 0.15) is 45.2 Å². The molecule has 4 amide bonds. The summed E-state index contributed by atoms with van der Waals surface area (Å²) in [6.45, 7) is 6.59. The van der Waals surface area contributed by atoms with Gasteiger partial charge in [0.1, 0.15) is 17.7 Å². The lowest BCUT2D eigenvalue weighted by Crippen LogP contribution is -2.43. The van der Waals surface area contributed by atoms with Crippen molar-refractivity contribution in [1.29, 1.82) is 0 Å². The van der Waals surface area contributed by atoms with E-state index >= 15 is 0 Å². The Kier molecular flexibility index (Phi) is 5.96. The summed E-state index contributed by atoms with van der Waals surface area (Å²) in [5.41, 5.74) is -0.573. The number of rotatable bonds is 6. The van der Waals surface area contributed by atoms with Gasteiger partial charge in [0.25, 0.3) is 5.91 Å². The molecule has 1 atom stereocenters. The number of nitrogens with one attached hydrogen (secondary N) is 2. The number of amides is 4. The number of hydrogen-bond donors (Lipinski definition) is 3. The Labute approximate surface area is 163 Å². The van der Waals surface area contributed by atoms with Gasteiger partial charge in [-0.1, -0.05) is 31.2 Å². The molecule has 0 bridgehead atoms. The molecule has 0 saturated carbocycles. The number of benzene rings is 1. The van der Waals surface area contributed by atoms with Crippen LogP contribution in [0.5, 0.6) is 0 Å². The van der Waals surface area contributed by atoms with Crippen molar-refractivity contribution in [2.45, 2.75) is 51.8 Å². The highest BCUT2D eigenvalue weighted by Crippen LogP contribution is 2.32. The third kappa shape index (κ3) is 4.59. The van der Waals surface area contributed by atoms with Gasteiger partial charge >= 0.3 is 18.1 Å². The fraction of sp³-hybridized carbons (Fsp3) is 0.474. The Balaban J connectivity index is 2.13. The van der Waals surface area contributed by atoms with Gasteiger partial charge in [-0.05, 0) is 38.3 Å². The van der Waals surface area contributed by atoms with E-state index in [-0.39, 0.29) is 13.0 Å². The van der Waals surface area contributed by atoms with E-state index in [1.807, 2.05) is 0 Å². The lowest BCUT2D eigenvalue weighted by Gasteiger charge is -2.26. The largest absolute Gasteiger partial charge is 0.480 e. The number of imide groups is 1. The number of urea groups is 1. The molecule has 0 unspecified atom stereocenters. The minimum Gasteiger partial charge on any atom is -0.480 e. The Morgan fingerprint density at radius 2 is 1.82 bits per heavy atom. The number of ether oxygens (including phenoxy) is 1. The second-order valence-corrected chi connectivity index (χ2v) is 7.53. The summed E-state index contributed by atoms with van der Waals surface area (Å²) >= 11 is 0. The van der Waals surface area contributed by atoms with Gasteiger partial charge in [-0.3, -0.25) is 14.5 Å². The van der Waals surface area contributed by atoms with E-state index in [2.05, 4.69) is 10.6 Å². The first kappa shape index (κ1) is 21.2. The number of carbonyl (C=O) groups excluding carboxylic acids is 3. The topological polar surface area (TPSA) is 125 Å². The zero-order chi connectivity index (χ0) is 21.1. The first-order chi connectivity index (χ1) is 13.0. The van der Waals surface area contributed by atoms with E-state index < -0.39 is 41.7 Å². The summed E-state index contributed by atoms with van der Waals surface area (Å²) < 4.78 is 5.17. The standard InChI is InChI=1S/C19H25N3O6/c1-5-19(15(25)22(11-14(23)24)16(26)21-19)13-8-6-12(7-9-13)10-20-17(27)28-18(2,3)4/h6-9H,5,10-11H2,1-4H3,(H,20,27)(H,21,26)(H,23,24)/t19-/m1/s1. The van der Waals surface area contributed by atoms with Crippen LogP contribution in [-0.2, 0) is 26.4 Å². The Morgan fingerprint density at radius 1 is 1.21 bits per heavy atom. The van der Waals surface area contributed by atoms with Crippen LogP contribution in [-0.4, -0.2) is 46.2 Å². The van der Waals surface area contributed by atoms with E-state index in [0.717, 1.165) is 5.56 Å². The molecule has 1 saturated heterocycles. The number of alkyl carbamates (subject to hydrolysis) is 1. The normalized spacial score (nSPS) is 19.4. The molecular formula is C19H25N3O6.